The van der Waals surface area contributed by atoms with Gasteiger partial charge in [-0.05, 0) is 67.4 Å². The Hall–Kier alpha value is -1.69. The molecule has 1 fully saturated rings. The van der Waals surface area contributed by atoms with Gasteiger partial charge in [-0.25, -0.2) is 0 Å². The summed E-state index contributed by atoms with van der Waals surface area (Å²) in [5, 5.41) is 0. The highest BCUT2D eigenvalue weighted by Gasteiger charge is 2.32. The Morgan fingerprint density at radius 3 is 2.47 bits per heavy atom. The number of methoxy groups -OCH3 is 1. The molecule has 3 rings (SSSR count). The van der Waals surface area contributed by atoms with Gasteiger partial charge in [0.1, 0.15) is 0 Å². The molecular formula is C25H39N3O2. The van der Waals surface area contributed by atoms with Gasteiger partial charge < -0.3 is 10.5 Å². The van der Waals surface area contributed by atoms with Gasteiger partial charge in [0.15, 0.2) is 0 Å². The number of hydrogen-bond acceptors (Lipinski definition) is 4. The quantitative estimate of drug-likeness (QED) is 0.737. The van der Waals surface area contributed by atoms with E-state index in [0.29, 0.717) is 11.0 Å². The van der Waals surface area contributed by atoms with Crippen molar-refractivity contribution in [2.75, 3.05) is 46.4 Å². The number of hydrogen-bond donors (Lipinski definition) is 1. The second kappa shape index (κ2) is 9.21. The van der Waals surface area contributed by atoms with Gasteiger partial charge in [-0.3, -0.25) is 14.6 Å². The fraction of sp³-hybridized carbons (Fsp3) is 0.640. The number of carbonyl (C=O) groups excluding carboxylic acids is 1. The van der Waals surface area contributed by atoms with Gasteiger partial charge in [0.2, 0.25) is 5.91 Å². The molecule has 2 aliphatic rings. The maximum atomic E-state index is 12.1. The van der Waals surface area contributed by atoms with Crippen LogP contribution in [0.3, 0.4) is 0 Å². The molecule has 1 aromatic rings. The predicted octanol–water partition coefficient (Wildman–Crippen LogP) is 3.88. The molecule has 1 amide bonds. The molecule has 5 nitrogen and oxygen atoms in total. The van der Waals surface area contributed by atoms with Crippen molar-refractivity contribution in [1.82, 2.24) is 9.80 Å². The van der Waals surface area contributed by atoms with E-state index in [2.05, 4.69) is 55.7 Å². The summed E-state index contributed by atoms with van der Waals surface area (Å²) in [7, 11) is 1.76. The molecule has 166 valence electrons. The monoisotopic (exact) mass is 413 g/mol. The van der Waals surface area contributed by atoms with E-state index in [4.69, 9.17) is 10.5 Å². The Kier molecular flexibility index (Phi) is 7.05. The van der Waals surface area contributed by atoms with Crippen molar-refractivity contribution in [3.05, 3.63) is 41.0 Å². The number of nitrogens with two attached hydrogens (primary N) is 1. The first-order chi connectivity index (χ1) is 14.1. The van der Waals surface area contributed by atoms with E-state index in [1.54, 1.807) is 7.11 Å². The summed E-state index contributed by atoms with van der Waals surface area (Å²) in [6.07, 6.45) is 5.48. The standard InChI is InChI=1S/C25H39N3O2/c1-24(2)10-8-19(9-11-24)22-18-20(6-7-21(22)23(26)29)25(3,4)28-14-12-27(13-15-28)16-17-30-5/h6-8,18H,9-17H2,1-5H3,(H2,26,29). The van der Waals surface area contributed by atoms with Gasteiger partial charge in [-0.1, -0.05) is 26.0 Å². The lowest BCUT2D eigenvalue weighted by Crippen LogP contribution is -2.53. The Labute approximate surface area is 182 Å². The molecular weight excluding hydrogens is 374 g/mol. The number of amides is 1. The highest BCUT2D eigenvalue weighted by Crippen LogP contribution is 2.40. The number of primary amides is 1. The van der Waals surface area contributed by atoms with E-state index in [9.17, 15) is 4.79 Å². The summed E-state index contributed by atoms with van der Waals surface area (Å²) >= 11 is 0. The van der Waals surface area contributed by atoms with Crippen LogP contribution in [0.15, 0.2) is 24.3 Å². The van der Waals surface area contributed by atoms with E-state index >= 15 is 0 Å². The molecule has 30 heavy (non-hydrogen) atoms. The average molecular weight is 414 g/mol. The fourth-order valence-corrected chi connectivity index (χ4v) is 4.66. The van der Waals surface area contributed by atoms with Gasteiger partial charge in [0.25, 0.3) is 0 Å². The predicted molar refractivity (Wildman–Crippen MR) is 123 cm³/mol. The lowest BCUT2D eigenvalue weighted by atomic mass is 9.76. The molecule has 1 aliphatic heterocycles. The molecule has 1 aromatic carbocycles. The zero-order valence-electron chi connectivity index (χ0n) is 19.5. The Morgan fingerprint density at radius 1 is 1.20 bits per heavy atom. The summed E-state index contributed by atoms with van der Waals surface area (Å²) in [4.78, 5) is 17.2. The molecule has 5 heteroatoms. The van der Waals surface area contributed by atoms with Crippen molar-refractivity contribution in [3.63, 3.8) is 0 Å². The van der Waals surface area contributed by atoms with Crippen LogP contribution < -0.4 is 5.73 Å². The van der Waals surface area contributed by atoms with Crippen molar-refractivity contribution in [1.29, 1.82) is 0 Å². The van der Waals surface area contributed by atoms with Crippen LogP contribution in [-0.4, -0.2) is 62.1 Å². The molecule has 0 spiro atoms. The second-order valence-corrected chi connectivity index (χ2v) is 10.1. The minimum absolute atomic E-state index is 0.104. The second-order valence-electron chi connectivity index (χ2n) is 10.1. The highest BCUT2D eigenvalue weighted by atomic mass is 16.5. The van der Waals surface area contributed by atoms with E-state index in [-0.39, 0.29) is 11.4 Å². The third-order valence-corrected chi connectivity index (χ3v) is 7.08. The molecule has 1 heterocycles. The first-order valence-electron chi connectivity index (χ1n) is 11.2. The van der Waals surface area contributed by atoms with Crippen LogP contribution in [0.1, 0.15) is 68.4 Å². The molecule has 1 saturated heterocycles. The maximum Gasteiger partial charge on any atom is 0.249 e. The number of nitrogens with zero attached hydrogens (tertiary/aromatic N) is 2. The minimum Gasteiger partial charge on any atom is -0.383 e. The van der Waals surface area contributed by atoms with Gasteiger partial charge >= 0.3 is 0 Å². The van der Waals surface area contributed by atoms with E-state index in [1.165, 1.54) is 11.1 Å². The molecule has 0 radical (unpaired) electrons. The summed E-state index contributed by atoms with van der Waals surface area (Å²) in [5.74, 6) is -0.341. The zero-order valence-corrected chi connectivity index (χ0v) is 19.5. The SMILES string of the molecule is COCCN1CCN(C(C)(C)c2ccc(C(N)=O)c(C3=CCC(C)(C)CC3)c2)CC1. The van der Waals surface area contributed by atoms with Crippen molar-refractivity contribution in [2.24, 2.45) is 11.1 Å². The van der Waals surface area contributed by atoms with Crippen molar-refractivity contribution in [2.45, 2.75) is 52.5 Å². The zero-order chi connectivity index (χ0) is 21.9. The fourth-order valence-electron chi connectivity index (χ4n) is 4.66. The number of benzene rings is 1. The maximum absolute atomic E-state index is 12.1. The van der Waals surface area contributed by atoms with Crippen molar-refractivity contribution < 1.29 is 9.53 Å². The smallest absolute Gasteiger partial charge is 0.249 e. The van der Waals surface area contributed by atoms with Gasteiger partial charge in [-0.15, -0.1) is 0 Å². The molecule has 0 unspecified atom stereocenters. The van der Waals surface area contributed by atoms with Crippen LogP contribution in [0.2, 0.25) is 0 Å². The van der Waals surface area contributed by atoms with E-state index < -0.39 is 0 Å². The molecule has 0 atom stereocenters. The first kappa shape index (κ1) is 23.0. The number of carbonyl (C=O) groups is 1. The van der Waals surface area contributed by atoms with Crippen LogP contribution in [-0.2, 0) is 10.3 Å². The highest BCUT2D eigenvalue weighted by molar-refractivity contribution is 5.98. The van der Waals surface area contributed by atoms with Crippen LogP contribution in [0.4, 0.5) is 0 Å². The van der Waals surface area contributed by atoms with Crippen LogP contribution >= 0.6 is 0 Å². The Bertz CT molecular complexity index is 790. The Balaban J connectivity index is 1.84. The van der Waals surface area contributed by atoms with Crippen molar-refractivity contribution >= 4 is 11.5 Å². The first-order valence-corrected chi connectivity index (χ1v) is 11.2. The third-order valence-electron chi connectivity index (χ3n) is 7.08. The van der Waals surface area contributed by atoms with E-state index in [0.717, 1.165) is 64.2 Å². The average Bonchev–Trinajstić information content (AvgIpc) is 2.72. The van der Waals surface area contributed by atoms with Gasteiger partial charge in [-0.2, -0.15) is 0 Å². The summed E-state index contributed by atoms with van der Waals surface area (Å²) in [6.45, 7) is 15.1. The molecule has 1 aliphatic carbocycles. The number of allylic oxidation sites excluding steroid dienone is 2. The number of piperazine rings is 1. The van der Waals surface area contributed by atoms with Crippen LogP contribution in [0.5, 0.6) is 0 Å². The summed E-state index contributed by atoms with van der Waals surface area (Å²) in [5.41, 5.74) is 10.2. The van der Waals surface area contributed by atoms with E-state index in [1.807, 2.05) is 6.07 Å². The van der Waals surface area contributed by atoms with Crippen LogP contribution in [0.25, 0.3) is 5.57 Å². The van der Waals surface area contributed by atoms with Gasteiger partial charge in [0, 0.05) is 50.9 Å². The normalized spacial score (nSPS) is 20.8. The lowest BCUT2D eigenvalue weighted by molar-refractivity contribution is 0.0396. The third kappa shape index (κ3) is 5.13. The summed E-state index contributed by atoms with van der Waals surface area (Å²) < 4.78 is 5.22. The number of rotatable bonds is 7. The number of ether oxygens (including phenoxy) is 1. The molecule has 2 N–H and O–H groups in total. The molecule has 0 bridgehead atoms. The largest absolute Gasteiger partial charge is 0.383 e. The van der Waals surface area contributed by atoms with Crippen LogP contribution in [0, 0.1) is 5.41 Å². The lowest BCUT2D eigenvalue weighted by Gasteiger charge is -2.44. The molecule has 0 saturated carbocycles. The molecule has 0 aromatic heterocycles. The summed E-state index contributed by atoms with van der Waals surface area (Å²) in [6, 6.07) is 6.25. The van der Waals surface area contributed by atoms with Crippen molar-refractivity contribution in [3.8, 4) is 0 Å². The minimum atomic E-state index is -0.341. The van der Waals surface area contributed by atoms with Gasteiger partial charge in [0.05, 0.1) is 6.61 Å². The topological polar surface area (TPSA) is 58.8 Å². The Morgan fingerprint density at radius 2 is 1.90 bits per heavy atom.